The molecule has 8 nitrogen and oxygen atoms in total. The normalized spacial score (nSPS) is 22.2. The van der Waals surface area contributed by atoms with Gasteiger partial charge in [0, 0.05) is 69.3 Å². The lowest BCUT2D eigenvalue weighted by Crippen LogP contribution is -2.55. The lowest BCUT2D eigenvalue weighted by Gasteiger charge is -2.51. The zero-order chi connectivity index (χ0) is 32.3. The van der Waals surface area contributed by atoms with E-state index in [9.17, 15) is 13.6 Å². The molecular weight excluding hydrogens is 586 g/mol. The van der Waals surface area contributed by atoms with E-state index < -0.39 is 11.6 Å². The third kappa shape index (κ3) is 6.22. The summed E-state index contributed by atoms with van der Waals surface area (Å²) in [5, 5.41) is 11.7. The van der Waals surface area contributed by atoms with Gasteiger partial charge in [-0.15, -0.1) is 0 Å². The van der Waals surface area contributed by atoms with Gasteiger partial charge in [0.2, 0.25) is 0 Å². The summed E-state index contributed by atoms with van der Waals surface area (Å²) in [5.41, 5.74) is 0.999. The number of likely N-dealkylation sites (tertiary alicyclic amines) is 1. The first kappa shape index (κ1) is 32.0. The van der Waals surface area contributed by atoms with Gasteiger partial charge in [-0.05, 0) is 68.8 Å². The number of amides is 1. The van der Waals surface area contributed by atoms with Gasteiger partial charge in [-0.1, -0.05) is 37.3 Å². The molecule has 3 aliphatic rings. The number of ether oxygens (including phenoxy) is 1. The average molecular weight is 631 g/mol. The van der Waals surface area contributed by atoms with Gasteiger partial charge in [-0.3, -0.25) is 0 Å². The maximum Gasteiger partial charge on any atom is 0.407 e. The smallest absolute Gasteiger partial charge is 0.407 e. The number of benzene rings is 2. The quantitative estimate of drug-likeness (QED) is 0.300. The number of anilines is 1. The van der Waals surface area contributed by atoms with Crippen molar-refractivity contribution >= 4 is 11.8 Å². The molecule has 0 radical (unpaired) electrons. The van der Waals surface area contributed by atoms with Crippen LogP contribution >= 0.6 is 0 Å². The molecule has 3 fully saturated rings. The minimum Gasteiger partial charge on any atom is -0.446 e. The Hall–Kier alpha value is -3.97. The number of rotatable bonds is 10. The number of imidazole rings is 1. The van der Waals surface area contributed by atoms with Crippen LogP contribution in [0.5, 0.6) is 0 Å². The van der Waals surface area contributed by atoms with Crippen molar-refractivity contribution in [2.24, 2.45) is 17.8 Å². The summed E-state index contributed by atoms with van der Waals surface area (Å²) in [6.45, 7) is 6.86. The second-order valence-electron chi connectivity index (χ2n) is 13.2. The summed E-state index contributed by atoms with van der Waals surface area (Å²) in [5.74, 6) is 0.544. The first-order valence-corrected chi connectivity index (χ1v) is 16.7. The molecule has 46 heavy (non-hydrogen) atoms. The van der Waals surface area contributed by atoms with Crippen LogP contribution in [0.2, 0.25) is 0 Å². The summed E-state index contributed by atoms with van der Waals surface area (Å²) in [6.07, 6.45) is 9.15. The van der Waals surface area contributed by atoms with E-state index in [-0.39, 0.29) is 34.8 Å². The van der Waals surface area contributed by atoms with Crippen molar-refractivity contribution in [3.8, 4) is 6.07 Å². The van der Waals surface area contributed by atoms with Gasteiger partial charge in [0.25, 0.3) is 0 Å². The van der Waals surface area contributed by atoms with E-state index in [2.05, 4.69) is 63.2 Å². The highest BCUT2D eigenvalue weighted by atomic mass is 19.1. The number of hydrogen-bond donors (Lipinski definition) is 1. The number of nitrogens with one attached hydrogen (secondary N) is 1. The number of aromatic nitrogens is 2. The molecule has 1 N–H and O–H groups in total. The Bertz CT molecular complexity index is 1520. The molecule has 6 rings (SSSR count). The number of nitrogens with zero attached hydrogens (tertiary/aromatic N) is 5. The molecule has 0 bridgehead atoms. The highest BCUT2D eigenvalue weighted by Crippen LogP contribution is 2.52. The van der Waals surface area contributed by atoms with Crippen LogP contribution in [0.25, 0.3) is 0 Å². The fraction of sp³-hybridized carbons (Fsp3) is 0.528. The predicted molar refractivity (Wildman–Crippen MR) is 172 cm³/mol. The van der Waals surface area contributed by atoms with E-state index >= 15 is 0 Å². The standard InChI is InChI=1S/C36H44F2N6O2/c1-3-33-41-14-17-43(33)24-36(27-8-5-4-6-9-27,29-10-7-11-32(29)46-35(45)40-2)28-12-15-42(16-13-28)21-26-22-44(23-26)34-30(37)18-25(20-39)19-31(34)38/h4-6,8-9,14,17-19,26,28-29,32H,3,7,10-13,15-16,21-24H2,1-2H3,(H,40,45)/t29-,32-,36?/m0/s1. The van der Waals surface area contributed by atoms with Crippen molar-refractivity contribution in [2.75, 3.05) is 44.7 Å². The molecule has 244 valence electrons. The molecule has 1 aliphatic carbocycles. The molecule has 0 spiro atoms. The van der Waals surface area contributed by atoms with E-state index in [1.165, 1.54) is 5.56 Å². The van der Waals surface area contributed by atoms with E-state index in [1.54, 1.807) is 11.9 Å². The maximum absolute atomic E-state index is 14.6. The maximum atomic E-state index is 14.6. The van der Waals surface area contributed by atoms with Gasteiger partial charge in [0.1, 0.15) is 17.6 Å². The van der Waals surface area contributed by atoms with Gasteiger partial charge in [-0.2, -0.15) is 5.26 Å². The number of alkyl carbamates (subject to hydrolysis) is 1. The first-order chi connectivity index (χ1) is 22.4. The topological polar surface area (TPSA) is 86.4 Å². The predicted octanol–water partition coefficient (Wildman–Crippen LogP) is 5.91. The highest BCUT2D eigenvalue weighted by molar-refractivity contribution is 5.67. The molecule has 3 heterocycles. The fourth-order valence-electron chi connectivity index (χ4n) is 8.57. The van der Waals surface area contributed by atoms with E-state index in [0.29, 0.717) is 24.9 Å². The van der Waals surface area contributed by atoms with Gasteiger partial charge in [0.05, 0.1) is 11.6 Å². The number of hydrogen-bond acceptors (Lipinski definition) is 6. The van der Waals surface area contributed by atoms with Crippen LogP contribution in [0, 0.1) is 40.7 Å². The van der Waals surface area contributed by atoms with Crippen LogP contribution < -0.4 is 10.2 Å². The van der Waals surface area contributed by atoms with Gasteiger partial charge in [0.15, 0.2) is 11.6 Å². The van der Waals surface area contributed by atoms with Crippen molar-refractivity contribution in [3.63, 3.8) is 0 Å². The molecule has 1 amide bonds. The second kappa shape index (κ2) is 13.8. The number of halogens is 2. The minimum atomic E-state index is -0.678. The number of carbonyl (C=O) groups excluding carboxylic acids is 1. The van der Waals surface area contributed by atoms with Crippen LogP contribution in [0.1, 0.15) is 56.0 Å². The third-order valence-corrected chi connectivity index (χ3v) is 10.7. The lowest BCUT2D eigenvalue weighted by atomic mass is 9.58. The molecule has 2 saturated heterocycles. The number of nitriles is 1. The fourth-order valence-corrected chi connectivity index (χ4v) is 8.57. The lowest BCUT2D eigenvalue weighted by molar-refractivity contribution is 0.00172. The van der Waals surface area contributed by atoms with Crippen LogP contribution in [-0.2, 0) is 23.1 Å². The Morgan fingerprint density at radius 3 is 2.48 bits per heavy atom. The second-order valence-corrected chi connectivity index (χ2v) is 13.2. The highest BCUT2D eigenvalue weighted by Gasteiger charge is 2.53. The van der Waals surface area contributed by atoms with E-state index in [4.69, 9.17) is 10.00 Å². The van der Waals surface area contributed by atoms with Crippen LogP contribution in [0.4, 0.5) is 19.3 Å². The van der Waals surface area contributed by atoms with Crippen LogP contribution in [-0.4, -0.2) is 66.4 Å². The Balaban J connectivity index is 1.21. The summed E-state index contributed by atoms with van der Waals surface area (Å²) >= 11 is 0. The van der Waals surface area contributed by atoms with E-state index in [1.807, 2.05) is 12.3 Å². The van der Waals surface area contributed by atoms with Crippen LogP contribution in [0.15, 0.2) is 54.9 Å². The van der Waals surface area contributed by atoms with Crippen molar-refractivity contribution in [3.05, 3.63) is 83.4 Å². The Morgan fingerprint density at radius 1 is 1.11 bits per heavy atom. The largest absolute Gasteiger partial charge is 0.446 e. The molecule has 1 saturated carbocycles. The zero-order valence-corrected chi connectivity index (χ0v) is 26.8. The number of aryl methyl sites for hydroxylation is 1. The van der Waals surface area contributed by atoms with Crippen LogP contribution in [0.3, 0.4) is 0 Å². The van der Waals surface area contributed by atoms with Gasteiger partial charge in [-0.25, -0.2) is 18.6 Å². The van der Waals surface area contributed by atoms with Crippen molar-refractivity contribution in [1.82, 2.24) is 19.8 Å². The molecule has 2 aliphatic heterocycles. The summed E-state index contributed by atoms with van der Waals surface area (Å²) in [7, 11) is 1.62. The molecule has 1 unspecified atom stereocenters. The third-order valence-electron chi connectivity index (χ3n) is 10.7. The molecular formula is C36H44F2N6O2. The number of carbonyl (C=O) groups is 1. The number of piperidine rings is 1. The van der Waals surface area contributed by atoms with Gasteiger partial charge < -0.3 is 24.4 Å². The minimum absolute atomic E-state index is 0.00616. The molecule has 1 aromatic heterocycles. The Labute approximate surface area is 270 Å². The molecule has 3 atom stereocenters. The molecule has 3 aromatic rings. The SMILES string of the molecule is CCc1nccn1CC(c1ccccc1)(C1CCN(CC2CN(c3c(F)cc(C#N)cc3F)C2)CC1)[C@H]1CCC[C@@H]1OC(=O)NC. The van der Waals surface area contributed by atoms with E-state index in [0.717, 1.165) is 82.7 Å². The molecule has 2 aromatic carbocycles. The van der Waals surface area contributed by atoms with Crippen molar-refractivity contribution < 1.29 is 18.3 Å². The summed E-state index contributed by atoms with van der Waals surface area (Å²) in [6, 6.07) is 14.9. The summed E-state index contributed by atoms with van der Waals surface area (Å²) < 4.78 is 37.6. The van der Waals surface area contributed by atoms with Crippen molar-refractivity contribution in [2.45, 2.75) is 63.5 Å². The Kier molecular flexibility index (Phi) is 9.60. The molecule has 10 heteroatoms. The average Bonchev–Trinajstić information content (AvgIpc) is 3.71. The monoisotopic (exact) mass is 630 g/mol. The zero-order valence-electron chi connectivity index (χ0n) is 26.8. The van der Waals surface area contributed by atoms with Gasteiger partial charge >= 0.3 is 6.09 Å². The first-order valence-electron chi connectivity index (χ1n) is 16.7. The van der Waals surface area contributed by atoms with Crippen molar-refractivity contribution in [1.29, 1.82) is 5.26 Å². The summed E-state index contributed by atoms with van der Waals surface area (Å²) in [4.78, 5) is 21.4. The Morgan fingerprint density at radius 2 is 1.83 bits per heavy atom.